The van der Waals surface area contributed by atoms with Gasteiger partial charge in [0.2, 0.25) is 0 Å². The summed E-state index contributed by atoms with van der Waals surface area (Å²) in [4.78, 5) is 12.1. The highest BCUT2D eigenvalue weighted by molar-refractivity contribution is 5.77. The second kappa shape index (κ2) is 4.14. The lowest BCUT2D eigenvalue weighted by Gasteiger charge is -2.04. The molecule has 2 heterocycles. The van der Waals surface area contributed by atoms with E-state index in [9.17, 15) is 0 Å². The molecule has 0 aliphatic rings. The topological polar surface area (TPSA) is 50.8 Å². The first-order valence-electron chi connectivity index (χ1n) is 5.73. The lowest BCUT2D eigenvalue weighted by molar-refractivity contribution is 0.416. The number of H-pyrrole nitrogens is 1. The van der Waals surface area contributed by atoms with Crippen LogP contribution in [0.5, 0.6) is 5.75 Å². The first-order chi connectivity index (χ1) is 8.78. The van der Waals surface area contributed by atoms with Gasteiger partial charge in [-0.25, -0.2) is 9.97 Å². The van der Waals surface area contributed by atoms with Gasteiger partial charge in [0.25, 0.3) is 0 Å². The molecule has 0 atom stereocenters. The van der Waals surface area contributed by atoms with E-state index in [1.54, 1.807) is 7.11 Å². The summed E-state index contributed by atoms with van der Waals surface area (Å²) in [6.07, 6.45) is 1.81. The van der Waals surface area contributed by atoms with Crippen molar-refractivity contribution in [2.24, 2.45) is 0 Å². The molecule has 0 saturated carbocycles. The van der Waals surface area contributed by atoms with Gasteiger partial charge in [0, 0.05) is 6.20 Å². The maximum absolute atomic E-state index is 5.34. The molecule has 1 aromatic carbocycles. The number of para-hydroxylation sites is 1. The molecular weight excluding hydrogens is 226 g/mol. The molecule has 3 rings (SSSR count). The zero-order valence-corrected chi connectivity index (χ0v) is 10.3. The maximum atomic E-state index is 5.34. The van der Waals surface area contributed by atoms with E-state index in [4.69, 9.17) is 4.74 Å². The summed E-state index contributed by atoms with van der Waals surface area (Å²) in [6.45, 7) is 2.01. The van der Waals surface area contributed by atoms with E-state index >= 15 is 0 Å². The fourth-order valence-corrected chi connectivity index (χ4v) is 1.97. The van der Waals surface area contributed by atoms with Crippen LogP contribution in [0.4, 0.5) is 0 Å². The maximum Gasteiger partial charge on any atom is 0.178 e. The van der Waals surface area contributed by atoms with Crippen LogP contribution in [-0.4, -0.2) is 22.1 Å². The zero-order chi connectivity index (χ0) is 12.5. The molecule has 3 aromatic rings. The number of nitrogens with zero attached hydrogens (tertiary/aromatic N) is 2. The van der Waals surface area contributed by atoms with Gasteiger partial charge in [-0.1, -0.05) is 12.1 Å². The van der Waals surface area contributed by atoms with Gasteiger partial charge in [0.05, 0.1) is 18.2 Å². The molecule has 0 saturated heterocycles. The third kappa shape index (κ3) is 1.72. The second-order valence-electron chi connectivity index (χ2n) is 4.17. The van der Waals surface area contributed by atoms with Gasteiger partial charge in [0.1, 0.15) is 11.6 Å². The van der Waals surface area contributed by atoms with E-state index in [1.807, 2.05) is 43.5 Å². The van der Waals surface area contributed by atoms with Gasteiger partial charge >= 0.3 is 0 Å². The van der Waals surface area contributed by atoms with Crippen LogP contribution in [-0.2, 0) is 0 Å². The van der Waals surface area contributed by atoms with Crippen molar-refractivity contribution in [2.45, 2.75) is 6.92 Å². The second-order valence-corrected chi connectivity index (χ2v) is 4.17. The van der Waals surface area contributed by atoms with Crippen LogP contribution in [0, 0.1) is 6.92 Å². The van der Waals surface area contributed by atoms with E-state index in [-0.39, 0.29) is 0 Å². The lowest BCUT2D eigenvalue weighted by atomic mass is 10.2. The fourth-order valence-electron chi connectivity index (χ4n) is 1.97. The summed E-state index contributed by atoms with van der Waals surface area (Å²) < 4.78 is 5.34. The number of aromatic amines is 1. The number of rotatable bonds is 2. The predicted molar refractivity (Wildman–Crippen MR) is 70.6 cm³/mol. The van der Waals surface area contributed by atoms with Crippen molar-refractivity contribution in [1.82, 2.24) is 15.0 Å². The van der Waals surface area contributed by atoms with E-state index < -0.39 is 0 Å². The first-order valence-corrected chi connectivity index (χ1v) is 5.73. The van der Waals surface area contributed by atoms with Crippen molar-refractivity contribution < 1.29 is 4.74 Å². The highest BCUT2D eigenvalue weighted by Crippen LogP contribution is 2.28. The van der Waals surface area contributed by atoms with Crippen LogP contribution in [0.1, 0.15) is 5.56 Å². The Kier molecular flexibility index (Phi) is 2.48. The smallest absolute Gasteiger partial charge is 0.178 e. The number of methoxy groups -OCH3 is 1. The molecule has 4 heteroatoms. The predicted octanol–water partition coefficient (Wildman–Crippen LogP) is 2.94. The van der Waals surface area contributed by atoms with Crippen LogP contribution in [0.25, 0.3) is 22.6 Å². The normalized spacial score (nSPS) is 10.8. The van der Waals surface area contributed by atoms with E-state index in [1.165, 1.54) is 0 Å². The summed E-state index contributed by atoms with van der Waals surface area (Å²) in [5, 5.41) is 0. The minimum Gasteiger partial charge on any atom is -0.496 e. The third-order valence-electron chi connectivity index (χ3n) is 2.84. The van der Waals surface area contributed by atoms with Crippen LogP contribution in [0.3, 0.4) is 0 Å². The molecule has 0 radical (unpaired) electrons. The Balaban J connectivity index is 2.19. The van der Waals surface area contributed by atoms with Crippen molar-refractivity contribution in [3.8, 4) is 17.1 Å². The van der Waals surface area contributed by atoms with Gasteiger partial charge in [-0.2, -0.15) is 0 Å². The molecule has 1 N–H and O–H groups in total. The van der Waals surface area contributed by atoms with Crippen molar-refractivity contribution >= 4 is 11.2 Å². The van der Waals surface area contributed by atoms with Crippen LogP contribution in [0.15, 0.2) is 36.5 Å². The molecule has 90 valence electrons. The number of aryl methyl sites for hydroxylation is 1. The molecule has 0 spiro atoms. The standard InChI is InChI=1S/C14H13N3O/c1-9-7-11-14(15-8-9)17-13(16-11)10-5-3-4-6-12(10)18-2/h3-8H,1-2H3,(H,15,16,17). The average Bonchev–Trinajstić information content (AvgIpc) is 2.81. The lowest BCUT2D eigenvalue weighted by Crippen LogP contribution is -1.88. The number of benzene rings is 1. The highest BCUT2D eigenvalue weighted by atomic mass is 16.5. The van der Waals surface area contributed by atoms with Gasteiger partial charge < -0.3 is 9.72 Å². The summed E-state index contributed by atoms with van der Waals surface area (Å²) in [7, 11) is 1.66. The first kappa shape index (κ1) is 10.8. The zero-order valence-electron chi connectivity index (χ0n) is 10.3. The molecule has 0 amide bonds. The highest BCUT2D eigenvalue weighted by Gasteiger charge is 2.10. The van der Waals surface area contributed by atoms with E-state index in [2.05, 4.69) is 15.0 Å². The Morgan fingerprint density at radius 1 is 1.22 bits per heavy atom. The van der Waals surface area contributed by atoms with Gasteiger partial charge in [0.15, 0.2) is 5.65 Å². The minimum atomic E-state index is 0.724. The van der Waals surface area contributed by atoms with Gasteiger partial charge in [-0.05, 0) is 30.7 Å². The number of pyridine rings is 1. The quantitative estimate of drug-likeness (QED) is 0.748. The summed E-state index contributed by atoms with van der Waals surface area (Å²) in [5.74, 6) is 1.58. The minimum absolute atomic E-state index is 0.724. The third-order valence-corrected chi connectivity index (χ3v) is 2.84. The van der Waals surface area contributed by atoms with Crippen LogP contribution in [0.2, 0.25) is 0 Å². The molecule has 4 nitrogen and oxygen atoms in total. The number of nitrogens with one attached hydrogen (secondary N) is 1. The average molecular weight is 239 g/mol. The molecule has 0 aliphatic carbocycles. The molecule has 0 fully saturated rings. The Bertz CT molecular complexity index is 703. The number of aromatic nitrogens is 3. The largest absolute Gasteiger partial charge is 0.496 e. The Morgan fingerprint density at radius 2 is 2.06 bits per heavy atom. The molecule has 0 unspecified atom stereocenters. The Morgan fingerprint density at radius 3 is 2.89 bits per heavy atom. The monoisotopic (exact) mass is 239 g/mol. The van der Waals surface area contributed by atoms with Gasteiger partial charge in [-0.3, -0.25) is 0 Å². The Labute approximate surface area is 105 Å². The number of imidazole rings is 1. The number of hydrogen-bond acceptors (Lipinski definition) is 3. The summed E-state index contributed by atoms with van der Waals surface area (Å²) in [6, 6.07) is 9.83. The SMILES string of the molecule is COc1ccccc1-c1nc2ncc(C)cc2[nH]1. The summed E-state index contributed by atoms with van der Waals surface area (Å²) in [5.41, 5.74) is 3.71. The van der Waals surface area contributed by atoms with Crippen molar-refractivity contribution in [1.29, 1.82) is 0 Å². The number of hydrogen-bond donors (Lipinski definition) is 1. The summed E-state index contributed by atoms with van der Waals surface area (Å²) >= 11 is 0. The van der Waals surface area contributed by atoms with E-state index in [0.717, 1.165) is 33.9 Å². The van der Waals surface area contributed by atoms with Gasteiger partial charge in [-0.15, -0.1) is 0 Å². The molecular formula is C14H13N3O. The number of fused-ring (bicyclic) bond motifs is 1. The van der Waals surface area contributed by atoms with Crippen molar-refractivity contribution in [3.63, 3.8) is 0 Å². The molecule has 18 heavy (non-hydrogen) atoms. The van der Waals surface area contributed by atoms with Crippen molar-refractivity contribution in [2.75, 3.05) is 7.11 Å². The fraction of sp³-hybridized carbons (Fsp3) is 0.143. The van der Waals surface area contributed by atoms with E-state index in [0.29, 0.717) is 0 Å². The molecule has 0 aliphatic heterocycles. The van der Waals surface area contributed by atoms with Crippen LogP contribution < -0.4 is 4.74 Å². The van der Waals surface area contributed by atoms with Crippen LogP contribution >= 0.6 is 0 Å². The van der Waals surface area contributed by atoms with Crippen molar-refractivity contribution in [3.05, 3.63) is 42.1 Å². The molecule has 0 bridgehead atoms. The Hall–Kier alpha value is -2.36. The molecule has 2 aromatic heterocycles. The number of ether oxygens (including phenoxy) is 1.